The number of rotatable bonds is 18. The molecule has 2 heterocycles. The summed E-state index contributed by atoms with van der Waals surface area (Å²) in [6, 6.07) is 17.8. The van der Waals surface area contributed by atoms with Crippen molar-refractivity contribution in [1.29, 1.82) is 5.26 Å². The molecule has 0 unspecified atom stereocenters. The number of ether oxygens (including phenoxy) is 3. The lowest BCUT2D eigenvalue weighted by atomic mass is 9.96. The number of carboxylic acid groups (broad SMARTS) is 1. The van der Waals surface area contributed by atoms with Crippen molar-refractivity contribution >= 4 is 35.1 Å². The second kappa shape index (κ2) is 18.6. The molecule has 3 aromatic carbocycles. The summed E-state index contributed by atoms with van der Waals surface area (Å²) in [5.74, 6) is -0.494. The minimum Gasteiger partial charge on any atom is -0.492 e. The van der Waals surface area contributed by atoms with Gasteiger partial charge >= 0.3 is 5.97 Å². The van der Waals surface area contributed by atoms with Gasteiger partial charge < -0.3 is 35.3 Å². The van der Waals surface area contributed by atoms with E-state index in [0.29, 0.717) is 71.5 Å². The second-order valence-corrected chi connectivity index (χ2v) is 14.3. The molecule has 4 aromatic rings. The molecule has 1 fully saturated rings. The Balaban J connectivity index is 1.31. The molecular formula is C40H43Cl2N5O8. The third-order valence-electron chi connectivity index (χ3n) is 9.53. The van der Waals surface area contributed by atoms with Crippen LogP contribution in [0.25, 0.3) is 11.1 Å². The number of aliphatic carboxylic acids is 1. The van der Waals surface area contributed by atoms with Gasteiger partial charge in [0.2, 0.25) is 5.91 Å². The highest BCUT2D eigenvalue weighted by Crippen LogP contribution is 2.39. The topological polar surface area (TPSA) is 200 Å². The highest BCUT2D eigenvalue weighted by Gasteiger charge is 2.34. The van der Waals surface area contributed by atoms with E-state index in [1.807, 2.05) is 42.2 Å². The molecule has 290 valence electrons. The zero-order valence-electron chi connectivity index (χ0n) is 30.4. The van der Waals surface area contributed by atoms with Crippen LogP contribution in [0.2, 0.25) is 10.0 Å². The number of carbonyl (C=O) groups is 2. The van der Waals surface area contributed by atoms with Gasteiger partial charge in [0.05, 0.1) is 41.0 Å². The number of carboxylic acids is 1. The van der Waals surface area contributed by atoms with E-state index in [1.165, 1.54) is 13.1 Å². The number of hydrogen-bond acceptors (Lipinski definition) is 11. The molecule has 1 aromatic heterocycles. The van der Waals surface area contributed by atoms with Crippen LogP contribution in [-0.2, 0) is 29.3 Å². The summed E-state index contributed by atoms with van der Waals surface area (Å²) in [6.07, 6.45) is 3.38. The van der Waals surface area contributed by atoms with Crippen molar-refractivity contribution in [2.45, 2.75) is 64.1 Å². The Bertz CT molecular complexity index is 2060. The molecular weight excluding hydrogens is 749 g/mol. The predicted molar refractivity (Wildman–Crippen MR) is 206 cm³/mol. The van der Waals surface area contributed by atoms with Crippen LogP contribution in [0.1, 0.15) is 47.6 Å². The fourth-order valence-electron chi connectivity index (χ4n) is 6.23. The first-order valence-corrected chi connectivity index (χ1v) is 18.3. The van der Waals surface area contributed by atoms with E-state index in [4.69, 9.17) is 43.1 Å². The molecule has 0 aliphatic carbocycles. The molecule has 1 amide bonds. The summed E-state index contributed by atoms with van der Waals surface area (Å²) in [5, 5.41) is 42.2. The highest BCUT2D eigenvalue weighted by atomic mass is 35.5. The Morgan fingerprint density at radius 3 is 2.51 bits per heavy atom. The molecule has 55 heavy (non-hydrogen) atoms. The van der Waals surface area contributed by atoms with Crippen LogP contribution in [0.3, 0.4) is 0 Å². The molecule has 15 heteroatoms. The van der Waals surface area contributed by atoms with E-state index in [1.54, 1.807) is 30.5 Å². The number of likely N-dealkylation sites (tertiary alicyclic amines) is 1. The third kappa shape index (κ3) is 10.2. The average molecular weight is 793 g/mol. The second-order valence-electron chi connectivity index (χ2n) is 13.5. The number of carbonyl (C=O) groups excluding carboxylic acids is 1. The smallest absolute Gasteiger partial charge is 0.326 e. The fourth-order valence-corrected chi connectivity index (χ4v) is 6.75. The summed E-state index contributed by atoms with van der Waals surface area (Å²) in [5.41, 5.74) is 8.85. The monoisotopic (exact) mass is 791 g/mol. The van der Waals surface area contributed by atoms with Gasteiger partial charge in [-0.3, -0.25) is 24.8 Å². The lowest BCUT2D eigenvalue weighted by molar-refractivity contribution is -0.146. The van der Waals surface area contributed by atoms with E-state index in [9.17, 15) is 30.2 Å². The number of aliphatic hydroxyl groups excluding tert-OH is 2. The van der Waals surface area contributed by atoms with Crippen LogP contribution in [0.15, 0.2) is 67.0 Å². The molecule has 0 radical (unpaired) electrons. The van der Waals surface area contributed by atoms with Gasteiger partial charge in [-0.25, -0.2) is 0 Å². The largest absolute Gasteiger partial charge is 0.492 e. The zero-order chi connectivity index (χ0) is 39.7. The van der Waals surface area contributed by atoms with Crippen molar-refractivity contribution in [2.75, 3.05) is 26.3 Å². The van der Waals surface area contributed by atoms with Crippen molar-refractivity contribution in [3.8, 4) is 34.4 Å². The molecule has 1 aliphatic rings. The van der Waals surface area contributed by atoms with Crippen molar-refractivity contribution < 1.29 is 39.1 Å². The Labute approximate surface area is 329 Å². The number of nitrogens with two attached hydrogens (primary N) is 1. The van der Waals surface area contributed by atoms with Crippen molar-refractivity contribution in [1.82, 2.24) is 15.2 Å². The lowest BCUT2D eigenvalue weighted by Gasteiger charge is -2.25. The van der Waals surface area contributed by atoms with Gasteiger partial charge in [-0.15, -0.1) is 0 Å². The summed E-state index contributed by atoms with van der Waals surface area (Å²) < 4.78 is 18.4. The number of hydrogen-bond donors (Lipinski definition) is 5. The van der Waals surface area contributed by atoms with Crippen molar-refractivity contribution in [2.24, 2.45) is 5.73 Å². The maximum Gasteiger partial charge on any atom is 0.326 e. The molecule has 0 spiro atoms. The van der Waals surface area contributed by atoms with Crippen LogP contribution < -0.4 is 25.3 Å². The number of nitrogens with one attached hydrogen (secondary N) is 1. The first-order valence-electron chi connectivity index (χ1n) is 17.6. The molecule has 1 aliphatic heterocycles. The summed E-state index contributed by atoms with van der Waals surface area (Å²) in [6.45, 7) is 4.16. The quantitative estimate of drug-likeness (QED) is 0.0846. The maximum absolute atomic E-state index is 11.8. The predicted octanol–water partition coefficient (Wildman–Crippen LogP) is 5.01. The Hall–Kier alpha value is -4.94. The van der Waals surface area contributed by atoms with E-state index in [-0.39, 0.29) is 24.8 Å². The number of amides is 1. The van der Waals surface area contributed by atoms with Gasteiger partial charge in [-0.05, 0) is 61.6 Å². The first kappa shape index (κ1) is 41.2. The van der Waals surface area contributed by atoms with Crippen LogP contribution in [0, 0.1) is 18.3 Å². The molecule has 6 N–H and O–H groups in total. The molecule has 0 bridgehead atoms. The van der Waals surface area contributed by atoms with Gasteiger partial charge in [-0.1, -0.05) is 53.5 Å². The van der Waals surface area contributed by atoms with E-state index >= 15 is 0 Å². The van der Waals surface area contributed by atoms with Crippen LogP contribution in [0.5, 0.6) is 17.2 Å². The first-order chi connectivity index (χ1) is 26.3. The standard InChI is InChI=1S/C40H43Cl2N5O8/c1-24-27(6-3-7-30(24)31-8-4-9-34(37(31)42)53-11-5-10-47-20-29(49)14-33(47)38(44)50)22-55-36-15-35(54-21-26-12-25(16-43)17-45-18-26)28(13-32(36)41)19-46-40(2,23-48)39(51)52/h3-4,6-9,12-13,15,17-18,29,33,46,48-49H,5,10-11,14,19-23H2,1-2H3,(H2,44,50)(H,51,52)/t29-,33+,40+/m1/s1. The number of halogens is 2. The number of benzene rings is 3. The fraction of sp³-hybridized carbons (Fsp3) is 0.350. The van der Waals surface area contributed by atoms with E-state index in [0.717, 1.165) is 22.3 Å². The van der Waals surface area contributed by atoms with Crippen LogP contribution in [-0.4, -0.2) is 81.1 Å². The van der Waals surface area contributed by atoms with Gasteiger partial charge in [0, 0.05) is 54.8 Å². The molecule has 3 atom stereocenters. The normalized spacial score (nSPS) is 16.6. The van der Waals surface area contributed by atoms with Crippen LogP contribution in [0.4, 0.5) is 0 Å². The highest BCUT2D eigenvalue weighted by molar-refractivity contribution is 6.35. The number of primary amides is 1. The van der Waals surface area contributed by atoms with E-state index < -0.39 is 36.2 Å². The maximum atomic E-state index is 11.8. The number of aliphatic hydroxyl groups is 2. The number of nitrogens with zero attached hydrogens (tertiary/aromatic N) is 3. The Morgan fingerprint density at radius 1 is 1.04 bits per heavy atom. The van der Waals surface area contributed by atoms with E-state index in [2.05, 4.69) is 16.4 Å². The van der Waals surface area contributed by atoms with Gasteiger partial charge in [0.1, 0.15) is 42.1 Å². The molecule has 5 rings (SSSR count). The van der Waals surface area contributed by atoms with Crippen LogP contribution >= 0.6 is 23.2 Å². The number of β-amino-alcohol motifs (C(OH)–C–C–N with tert-alkyl or cyclic N) is 1. The average Bonchev–Trinajstić information content (AvgIpc) is 3.56. The summed E-state index contributed by atoms with van der Waals surface area (Å²) in [7, 11) is 0. The van der Waals surface area contributed by atoms with Gasteiger partial charge in [-0.2, -0.15) is 5.26 Å². The number of aromatic nitrogens is 1. The summed E-state index contributed by atoms with van der Waals surface area (Å²) in [4.78, 5) is 29.5. The molecule has 0 saturated carbocycles. The zero-order valence-corrected chi connectivity index (χ0v) is 31.9. The lowest BCUT2D eigenvalue weighted by Crippen LogP contribution is -2.52. The third-order valence-corrected chi connectivity index (χ3v) is 10.2. The van der Waals surface area contributed by atoms with Gasteiger partial charge in [0.25, 0.3) is 0 Å². The molecule has 13 nitrogen and oxygen atoms in total. The SMILES string of the molecule is Cc1c(COc2cc(OCc3cncc(C#N)c3)c(CN[C@@](C)(CO)C(=O)O)cc2Cl)cccc1-c1cccc(OCCCN2C[C@H](O)C[C@H]2C(N)=O)c1Cl. The molecule has 1 saturated heterocycles. The van der Waals surface area contributed by atoms with Gasteiger partial charge in [0.15, 0.2) is 0 Å². The number of pyridine rings is 1. The van der Waals surface area contributed by atoms with Crippen molar-refractivity contribution in [3.63, 3.8) is 0 Å². The number of nitriles is 1. The Kier molecular flexibility index (Phi) is 13.9. The summed E-state index contributed by atoms with van der Waals surface area (Å²) >= 11 is 13.6. The minimum atomic E-state index is -1.61. The Morgan fingerprint density at radius 2 is 1.78 bits per heavy atom. The van der Waals surface area contributed by atoms with Crippen molar-refractivity contribution in [3.05, 3.63) is 105 Å². The minimum absolute atomic E-state index is 0.00178.